The maximum atomic E-state index is 13.8. The molecule has 0 aliphatic carbocycles. The van der Waals surface area contributed by atoms with Crippen molar-refractivity contribution in [3.63, 3.8) is 0 Å². The first-order chi connectivity index (χ1) is 9.27. The van der Waals surface area contributed by atoms with Gasteiger partial charge in [0.1, 0.15) is 0 Å². The Morgan fingerprint density at radius 2 is 1.05 bits per heavy atom. The third kappa shape index (κ3) is 1.84. The van der Waals surface area contributed by atoms with E-state index < -0.39 is 51.7 Å². The van der Waals surface area contributed by atoms with Crippen LogP contribution in [0.2, 0.25) is 0 Å². The van der Waals surface area contributed by atoms with Gasteiger partial charge in [-0.3, -0.25) is 0 Å². The van der Waals surface area contributed by atoms with Gasteiger partial charge in [-0.1, -0.05) is 0 Å². The lowest BCUT2D eigenvalue weighted by molar-refractivity contribution is 0.381. The molecule has 0 amide bonds. The molecule has 0 unspecified atom stereocenters. The zero-order valence-electron chi connectivity index (χ0n) is 9.58. The summed E-state index contributed by atoms with van der Waals surface area (Å²) >= 11 is 0. The van der Waals surface area contributed by atoms with E-state index in [2.05, 4.69) is 0 Å². The van der Waals surface area contributed by atoms with Crippen LogP contribution in [0.1, 0.15) is 0 Å². The summed E-state index contributed by atoms with van der Waals surface area (Å²) in [4.78, 5) is 0. The maximum absolute atomic E-state index is 13.8. The summed E-state index contributed by atoms with van der Waals surface area (Å²) in [5, 5.41) is 0. The van der Waals surface area contributed by atoms with Crippen molar-refractivity contribution in [2.45, 2.75) is 0 Å². The van der Waals surface area contributed by atoms with Crippen molar-refractivity contribution in [2.75, 3.05) is 11.5 Å². The summed E-state index contributed by atoms with van der Waals surface area (Å²) in [7, 11) is 0. The molecule has 0 atom stereocenters. The Kier molecular flexibility index (Phi) is 3.24. The smallest absolute Gasteiger partial charge is 0.200 e. The van der Waals surface area contributed by atoms with Gasteiger partial charge in [0.05, 0.1) is 16.9 Å². The second-order valence-electron chi connectivity index (χ2n) is 3.87. The lowest BCUT2D eigenvalue weighted by Gasteiger charge is -2.11. The van der Waals surface area contributed by atoms with Gasteiger partial charge in [0, 0.05) is 5.56 Å². The van der Waals surface area contributed by atoms with E-state index in [-0.39, 0.29) is 5.69 Å². The molecule has 0 saturated heterocycles. The van der Waals surface area contributed by atoms with Crippen LogP contribution in [0.15, 0.2) is 12.1 Å². The minimum atomic E-state index is -2.33. The molecule has 0 fully saturated rings. The first-order valence-corrected chi connectivity index (χ1v) is 5.12. The number of nitrogens with two attached hydrogens (primary N) is 2. The molecule has 0 spiro atoms. The molecule has 0 saturated carbocycles. The van der Waals surface area contributed by atoms with Gasteiger partial charge in [-0.2, -0.15) is 0 Å². The first-order valence-electron chi connectivity index (χ1n) is 5.12. The van der Waals surface area contributed by atoms with E-state index in [0.29, 0.717) is 0 Å². The molecule has 20 heavy (non-hydrogen) atoms. The van der Waals surface area contributed by atoms with Crippen molar-refractivity contribution in [2.24, 2.45) is 0 Å². The van der Waals surface area contributed by atoms with Crippen molar-refractivity contribution < 1.29 is 26.3 Å². The van der Waals surface area contributed by atoms with Crippen LogP contribution >= 0.6 is 0 Å². The van der Waals surface area contributed by atoms with Crippen LogP contribution in [0.4, 0.5) is 37.7 Å². The normalized spacial score (nSPS) is 10.9. The van der Waals surface area contributed by atoms with E-state index >= 15 is 0 Å². The number of halogens is 6. The number of anilines is 2. The van der Waals surface area contributed by atoms with Gasteiger partial charge in [-0.05, 0) is 12.1 Å². The third-order valence-corrected chi connectivity index (χ3v) is 2.69. The molecule has 0 radical (unpaired) electrons. The lowest BCUT2D eigenvalue weighted by atomic mass is 10.0. The summed E-state index contributed by atoms with van der Waals surface area (Å²) in [6, 6.07) is 1.77. The zero-order chi connectivity index (χ0) is 15.2. The molecule has 4 N–H and O–H groups in total. The van der Waals surface area contributed by atoms with Crippen LogP contribution in [-0.4, -0.2) is 0 Å². The van der Waals surface area contributed by atoms with Gasteiger partial charge in [-0.25, -0.2) is 26.3 Å². The monoisotopic (exact) mass is 292 g/mol. The maximum Gasteiger partial charge on any atom is 0.200 e. The molecule has 2 aromatic rings. The van der Waals surface area contributed by atoms with E-state index in [0.717, 1.165) is 12.1 Å². The standard InChI is InChI=1S/C12H6F6N2/c13-6-3(1-2-4(19)12(6)20)5-7(14)9(16)11(18)10(17)8(5)15/h1-2H,19-20H2. The second-order valence-corrected chi connectivity index (χ2v) is 3.87. The van der Waals surface area contributed by atoms with Crippen molar-refractivity contribution >= 4 is 11.4 Å². The van der Waals surface area contributed by atoms with E-state index in [9.17, 15) is 26.3 Å². The minimum absolute atomic E-state index is 0.227. The highest BCUT2D eigenvalue weighted by atomic mass is 19.2. The highest BCUT2D eigenvalue weighted by Gasteiger charge is 2.28. The van der Waals surface area contributed by atoms with Gasteiger partial charge in [0.2, 0.25) is 5.82 Å². The molecule has 2 aromatic carbocycles. The van der Waals surface area contributed by atoms with E-state index in [1.165, 1.54) is 0 Å². The van der Waals surface area contributed by atoms with Crippen LogP contribution in [-0.2, 0) is 0 Å². The molecule has 0 bridgehead atoms. The summed E-state index contributed by atoms with van der Waals surface area (Å²) < 4.78 is 79.9. The highest BCUT2D eigenvalue weighted by Crippen LogP contribution is 2.36. The molecular weight excluding hydrogens is 286 g/mol. The Labute approximate surface area is 108 Å². The fourth-order valence-corrected chi connectivity index (χ4v) is 1.64. The number of hydrogen-bond acceptors (Lipinski definition) is 2. The molecular formula is C12H6F6N2. The third-order valence-electron chi connectivity index (χ3n) is 2.69. The average molecular weight is 292 g/mol. The fraction of sp³-hybridized carbons (Fsp3) is 0. The number of benzene rings is 2. The Morgan fingerprint density at radius 1 is 0.600 bits per heavy atom. The fourth-order valence-electron chi connectivity index (χ4n) is 1.64. The quantitative estimate of drug-likeness (QED) is 0.366. The van der Waals surface area contributed by atoms with Crippen molar-refractivity contribution in [3.8, 4) is 11.1 Å². The van der Waals surface area contributed by atoms with Gasteiger partial charge in [-0.15, -0.1) is 0 Å². The molecule has 2 nitrogen and oxygen atoms in total. The van der Waals surface area contributed by atoms with Crippen LogP contribution in [0.25, 0.3) is 11.1 Å². The summed E-state index contributed by atoms with van der Waals surface area (Å²) in [5.41, 5.74) is 7.34. The highest BCUT2D eigenvalue weighted by molar-refractivity contribution is 5.76. The molecule has 0 heterocycles. The average Bonchev–Trinajstić information content (AvgIpc) is 2.43. The molecule has 0 aliphatic heterocycles. The summed E-state index contributed by atoms with van der Waals surface area (Å²) in [5.74, 6) is -12.3. The van der Waals surface area contributed by atoms with Crippen LogP contribution in [0, 0.1) is 34.9 Å². The van der Waals surface area contributed by atoms with E-state index in [1.807, 2.05) is 0 Å². The number of nitrogen functional groups attached to an aromatic ring is 2. The topological polar surface area (TPSA) is 52.0 Å². The summed E-state index contributed by atoms with van der Waals surface area (Å²) in [6.07, 6.45) is 0. The Morgan fingerprint density at radius 3 is 1.55 bits per heavy atom. The molecule has 2 rings (SSSR count). The largest absolute Gasteiger partial charge is 0.397 e. The number of hydrogen-bond donors (Lipinski definition) is 2. The Hall–Kier alpha value is -2.38. The van der Waals surface area contributed by atoms with Crippen molar-refractivity contribution in [1.82, 2.24) is 0 Å². The van der Waals surface area contributed by atoms with Crippen LogP contribution in [0.5, 0.6) is 0 Å². The van der Waals surface area contributed by atoms with Gasteiger partial charge in [0.25, 0.3) is 0 Å². The van der Waals surface area contributed by atoms with Crippen LogP contribution < -0.4 is 11.5 Å². The van der Waals surface area contributed by atoms with Crippen LogP contribution in [0.3, 0.4) is 0 Å². The van der Waals surface area contributed by atoms with Gasteiger partial charge >= 0.3 is 0 Å². The van der Waals surface area contributed by atoms with Gasteiger partial charge in [0.15, 0.2) is 29.1 Å². The molecule has 106 valence electrons. The first kappa shape index (κ1) is 14.0. The summed E-state index contributed by atoms with van der Waals surface area (Å²) in [6.45, 7) is 0. The lowest BCUT2D eigenvalue weighted by Crippen LogP contribution is -2.06. The van der Waals surface area contributed by atoms with Crippen molar-refractivity contribution in [3.05, 3.63) is 47.0 Å². The second kappa shape index (κ2) is 4.62. The molecule has 0 aromatic heterocycles. The Balaban J connectivity index is 2.87. The molecule has 8 heteroatoms. The van der Waals surface area contributed by atoms with Crippen molar-refractivity contribution in [1.29, 1.82) is 0 Å². The van der Waals surface area contributed by atoms with Gasteiger partial charge < -0.3 is 11.5 Å². The van der Waals surface area contributed by atoms with E-state index in [4.69, 9.17) is 11.5 Å². The predicted octanol–water partition coefficient (Wildman–Crippen LogP) is 3.35. The Bertz CT molecular complexity index is 685. The predicted molar refractivity (Wildman–Crippen MR) is 60.5 cm³/mol. The minimum Gasteiger partial charge on any atom is -0.397 e. The zero-order valence-corrected chi connectivity index (χ0v) is 9.58. The SMILES string of the molecule is Nc1ccc(-c2c(F)c(F)c(F)c(F)c2F)c(F)c1N. The van der Waals surface area contributed by atoms with E-state index in [1.54, 1.807) is 0 Å². The molecule has 0 aliphatic rings. The number of rotatable bonds is 1.